The molecular weight excluding hydrogens is 190 g/mol. The van der Waals surface area contributed by atoms with E-state index in [1.807, 2.05) is 0 Å². The normalized spacial score (nSPS) is 21.7. The average Bonchev–Trinajstić information content (AvgIpc) is 2.52. The van der Waals surface area contributed by atoms with Gasteiger partial charge in [-0.2, -0.15) is 0 Å². The highest BCUT2D eigenvalue weighted by Crippen LogP contribution is 2.19. The Bertz CT molecular complexity index is 219. The lowest BCUT2D eigenvalue weighted by Crippen LogP contribution is -2.39. The van der Waals surface area contributed by atoms with Crippen LogP contribution in [0.25, 0.3) is 0 Å². The van der Waals surface area contributed by atoms with Crippen molar-refractivity contribution in [2.24, 2.45) is 0 Å². The van der Waals surface area contributed by atoms with Gasteiger partial charge in [-0.15, -0.1) is 12.6 Å². The predicted octanol–water partition coefficient (Wildman–Crippen LogP) is 1.06. The Hall–Kier alpha value is -0.710. The molecule has 0 spiro atoms. The maximum absolute atomic E-state index is 11.3. The molecule has 1 aliphatic rings. The monoisotopic (exact) mass is 203 g/mol. The SMILES string of the molecule is CCOC(=O)N1CCC[C@H]1C(=O)S. The Labute approximate surface area is 82.6 Å². The Morgan fingerprint density at radius 1 is 1.62 bits per heavy atom. The molecule has 1 amide bonds. The predicted molar refractivity (Wildman–Crippen MR) is 50.7 cm³/mol. The summed E-state index contributed by atoms with van der Waals surface area (Å²) in [4.78, 5) is 23.7. The van der Waals surface area contributed by atoms with E-state index >= 15 is 0 Å². The van der Waals surface area contributed by atoms with Gasteiger partial charge in [-0.05, 0) is 19.8 Å². The Morgan fingerprint density at radius 2 is 2.31 bits per heavy atom. The molecule has 1 fully saturated rings. The second-order valence-corrected chi connectivity index (χ2v) is 3.33. The third-order valence-electron chi connectivity index (χ3n) is 2.04. The third-order valence-corrected chi connectivity index (χ3v) is 2.34. The number of hydrogen-bond acceptors (Lipinski definition) is 3. The van der Waals surface area contributed by atoms with Crippen LogP contribution in [-0.4, -0.2) is 35.3 Å². The molecule has 0 aromatic carbocycles. The third kappa shape index (κ3) is 2.37. The first-order valence-electron chi connectivity index (χ1n) is 4.33. The van der Waals surface area contributed by atoms with Gasteiger partial charge in [0.15, 0.2) is 0 Å². The molecule has 1 atom stereocenters. The maximum atomic E-state index is 11.3. The minimum absolute atomic E-state index is 0.259. The fourth-order valence-electron chi connectivity index (χ4n) is 1.45. The zero-order valence-electron chi connectivity index (χ0n) is 7.52. The minimum Gasteiger partial charge on any atom is -0.450 e. The summed E-state index contributed by atoms with van der Waals surface area (Å²) in [5, 5.41) is -0.259. The van der Waals surface area contributed by atoms with Gasteiger partial charge in [0.05, 0.1) is 6.61 Å². The summed E-state index contributed by atoms with van der Waals surface area (Å²) >= 11 is 3.73. The molecule has 1 aliphatic heterocycles. The van der Waals surface area contributed by atoms with E-state index in [0.29, 0.717) is 19.6 Å². The number of carbonyl (C=O) groups is 2. The zero-order valence-corrected chi connectivity index (χ0v) is 8.42. The fraction of sp³-hybridized carbons (Fsp3) is 0.750. The van der Waals surface area contributed by atoms with Crippen molar-refractivity contribution < 1.29 is 14.3 Å². The van der Waals surface area contributed by atoms with Crippen LogP contribution in [0.1, 0.15) is 19.8 Å². The van der Waals surface area contributed by atoms with Crippen LogP contribution < -0.4 is 0 Å². The van der Waals surface area contributed by atoms with E-state index in [1.54, 1.807) is 6.92 Å². The van der Waals surface area contributed by atoms with Gasteiger partial charge >= 0.3 is 6.09 Å². The summed E-state index contributed by atoms with van der Waals surface area (Å²) in [6.07, 6.45) is 1.13. The van der Waals surface area contributed by atoms with Crippen molar-refractivity contribution in [3.05, 3.63) is 0 Å². The summed E-state index contributed by atoms with van der Waals surface area (Å²) in [5.74, 6) is 0. The number of amides is 1. The molecular formula is C8H13NO3S. The van der Waals surface area contributed by atoms with Crippen LogP contribution in [0, 0.1) is 0 Å². The number of ether oxygens (including phenoxy) is 1. The van der Waals surface area contributed by atoms with Crippen molar-refractivity contribution in [3.63, 3.8) is 0 Å². The standard InChI is InChI=1S/C8H13NO3S/c1-2-12-8(11)9-5-3-4-6(9)7(10)13/h6H,2-5H2,1H3,(H,10,13)/t6-/m0/s1. The number of rotatable bonds is 2. The molecule has 1 heterocycles. The van der Waals surface area contributed by atoms with Gasteiger partial charge in [0, 0.05) is 6.54 Å². The van der Waals surface area contributed by atoms with E-state index in [4.69, 9.17) is 4.74 Å². The van der Waals surface area contributed by atoms with E-state index in [2.05, 4.69) is 12.6 Å². The molecule has 0 unspecified atom stereocenters. The summed E-state index contributed by atoms with van der Waals surface area (Å²) in [6.45, 7) is 2.67. The minimum atomic E-state index is -0.410. The average molecular weight is 203 g/mol. The molecule has 4 nitrogen and oxygen atoms in total. The molecule has 0 bridgehead atoms. The number of carbonyl (C=O) groups excluding carboxylic acids is 2. The number of likely N-dealkylation sites (tertiary alicyclic amines) is 1. The molecule has 1 rings (SSSR count). The lowest BCUT2D eigenvalue weighted by atomic mass is 10.2. The fourth-order valence-corrected chi connectivity index (χ4v) is 1.72. The summed E-state index contributed by atoms with van der Waals surface area (Å²) in [5.41, 5.74) is 0. The topological polar surface area (TPSA) is 46.6 Å². The zero-order chi connectivity index (χ0) is 9.84. The van der Waals surface area contributed by atoms with Crippen molar-refractivity contribution in [1.82, 2.24) is 4.90 Å². The summed E-state index contributed by atoms with van der Waals surface area (Å²) in [7, 11) is 0. The van der Waals surface area contributed by atoms with Crippen LogP contribution in [0.2, 0.25) is 0 Å². The van der Waals surface area contributed by atoms with Gasteiger partial charge in [-0.1, -0.05) is 0 Å². The van der Waals surface area contributed by atoms with Gasteiger partial charge in [0.2, 0.25) is 5.12 Å². The van der Waals surface area contributed by atoms with Crippen LogP contribution in [0.4, 0.5) is 4.79 Å². The largest absolute Gasteiger partial charge is 0.450 e. The molecule has 74 valence electrons. The van der Waals surface area contributed by atoms with Crippen LogP contribution >= 0.6 is 12.6 Å². The molecule has 0 N–H and O–H groups in total. The summed E-state index contributed by atoms with van der Waals surface area (Å²) in [6, 6.07) is -0.387. The molecule has 0 aliphatic carbocycles. The van der Waals surface area contributed by atoms with Crippen LogP contribution in [0.15, 0.2) is 0 Å². The first-order chi connectivity index (χ1) is 6.16. The van der Waals surface area contributed by atoms with E-state index in [1.165, 1.54) is 4.90 Å². The first kappa shape index (κ1) is 10.4. The van der Waals surface area contributed by atoms with Gasteiger partial charge in [0.25, 0.3) is 0 Å². The smallest absolute Gasteiger partial charge is 0.410 e. The van der Waals surface area contributed by atoms with Crippen molar-refractivity contribution >= 4 is 23.8 Å². The second-order valence-electron chi connectivity index (χ2n) is 2.89. The van der Waals surface area contributed by atoms with Gasteiger partial charge in [0.1, 0.15) is 6.04 Å². The molecule has 0 radical (unpaired) electrons. The van der Waals surface area contributed by atoms with Crippen LogP contribution in [-0.2, 0) is 9.53 Å². The second kappa shape index (κ2) is 4.50. The Balaban J connectivity index is 2.57. The van der Waals surface area contributed by atoms with Crippen LogP contribution in [0.3, 0.4) is 0 Å². The van der Waals surface area contributed by atoms with Crippen molar-refractivity contribution in [2.75, 3.05) is 13.2 Å². The lowest BCUT2D eigenvalue weighted by molar-refractivity contribution is -0.114. The van der Waals surface area contributed by atoms with E-state index in [9.17, 15) is 9.59 Å². The number of nitrogens with zero attached hydrogens (tertiary/aromatic N) is 1. The highest BCUT2D eigenvalue weighted by molar-refractivity contribution is 7.96. The Kier molecular flexibility index (Phi) is 3.59. The van der Waals surface area contributed by atoms with Gasteiger partial charge in [-0.3, -0.25) is 9.69 Å². The quantitative estimate of drug-likeness (QED) is 0.683. The van der Waals surface area contributed by atoms with Crippen molar-refractivity contribution in [3.8, 4) is 0 Å². The molecule has 5 heteroatoms. The molecule has 1 saturated heterocycles. The van der Waals surface area contributed by atoms with E-state index in [-0.39, 0.29) is 11.2 Å². The van der Waals surface area contributed by atoms with Crippen molar-refractivity contribution in [1.29, 1.82) is 0 Å². The van der Waals surface area contributed by atoms with E-state index < -0.39 is 6.09 Å². The summed E-state index contributed by atoms with van der Waals surface area (Å²) < 4.78 is 4.81. The van der Waals surface area contributed by atoms with E-state index in [0.717, 1.165) is 6.42 Å². The van der Waals surface area contributed by atoms with Crippen LogP contribution in [0.5, 0.6) is 0 Å². The molecule has 0 aromatic rings. The molecule has 0 saturated carbocycles. The number of thiol groups is 1. The highest BCUT2D eigenvalue weighted by atomic mass is 32.1. The lowest BCUT2D eigenvalue weighted by Gasteiger charge is -2.20. The van der Waals surface area contributed by atoms with Crippen molar-refractivity contribution in [2.45, 2.75) is 25.8 Å². The molecule has 0 aromatic heterocycles. The van der Waals surface area contributed by atoms with Gasteiger partial charge in [-0.25, -0.2) is 4.79 Å². The van der Waals surface area contributed by atoms with Gasteiger partial charge < -0.3 is 4.74 Å². The highest BCUT2D eigenvalue weighted by Gasteiger charge is 2.33. The number of hydrogen-bond donors (Lipinski definition) is 1. The Morgan fingerprint density at radius 3 is 2.85 bits per heavy atom. The molecule has 13 heavy (non-hydrogen) atoms. The maximum Gasteiger partial charge on any atom is 0.410 e. The first-order valence-corrected chi connectivity index (χ1v) is 4.77.